The van der Waals surface area contributed by atoms with E-state index in [4.69, 9.17) is 23.2 Å². The molecule has 7 heteroatoms. The van der Waals surface area contributed by atoms with Crippen molar-refractivity contribution in [2.45, 2.75) is 4.21 Å². The predicted octanol–water partition coefficient (Wildman–Crippen LogP) is 3.86. The zero-order valence-corrected chi connectivity index (χ0v) is 11.5. The van der Waals surface area contributed by atoms with E-state index in [0.29, 0.717) is 15.7 Å². The lowest BCUT2D eigenvalue weighted by molar-refractivity contribution is 0.603. The van der Waals surface area contributed by atoms with Crippen molar-refractivity contribution >= 4 is 50.2 Å². The van der Waals surface area contributed by atoms with E-state index in [2.05, 4.69) is 4.72 Å². The van der Waals surface area contributed by atoms with Gasteiger partial charge in [-0.15, -0.1) is 11.3 Å². The fourth-order valence-electron chi connectivity index (χ4n) is 1.23. The van der Waals surface area contributed by atoms with Gasteiger partial charge in [-0.25, -0.2) is 8.42 Å². The topological polar surface area (TPSA) is 46.2 Å². The van der Waals surface area contributed by atoms with Crippen LogP contribution in [0.1, 0.15) is 0 Å². The number of halogens is 2. The van der Waals surface area contributed by atoms with Crippen LogP contribution in [0.15, 0.2) is 39.9 Å². The average molecular weight is 308 g/mol. The summed E-state index contributed by atoms with van der Waals surface area (Å²) in [6.07, 6.45) is 0. The third-order valence-electron chi connectivity index (χ3n) is 1.87. The van der Waals surface area contributed by atoms with Crippen molar-refractivity contribution in [2.24, 2.45) is 0 Å². The van der Waals surface area contributed by atoms with Gasteiger partial charge in [0.1, 0.15) is 4.21 Å². The van der Waals surface area contributed by atoms with Crippen molar-refractivity contribution in [3.05, 3.63) is 45.8 Å². The highest BCUT2D eigenvalue weighted by Gasteiger charge is 2.15. The first-order valence-corrected chi connectivity index (χ1v) is 7.62. The molecule has 1 aromatic carbocycles. The molecule has 0 atom stereocenters. The van der Waals surface area contributed by atoms with Crippen LogP contribution in [0.2, 0.25) is 10.0 Å². The van der Waals surface area contributed by atoms with Crippen molar-refractivity contribution in [2.75, 3.05) is 4.72 Å². The molecule has 0 saturated carbocycles. The van der Waals surface area contributed by atoms with E-state index in [-0.39, 0.29) is 4.21 Å². The Balaban J connectivity index is 2.33. The fraction of sp³-hybridized carbons (Fsp3) is 0. The lowest BCUT2D eigenvalue weighted by Crippen LogP contribution is -2.11. The highest BCUT2D eigenvalue weighted by Crippen LogP contribution is 2.25. The summed E-state index contributed by atoms with van der Waals surface area (Å²) in [5.41, 5.74) is 0.343. The zero-order chi connectivity index (χ0) is 12.5. The first kappa shape index (κ1) is 12.7. The maximum absolute atomic E-state index is 11.9. The Labute approximate surface area is 113 Å². The maximum Gasteiger partial charge on any atom is 0.271 e. The average Bonchev–Trinajstić information content (AvgIpc) is 2.67. The first-order chi connectivity index (χ1) is 7.97. The Kier molecular flexibility index (Phi) is 3.63. The smallest absolute Gasteiger partial charge is 0.271 e. The molecule has 2 aromatic rings. The van der Waals surface area contributed by atoms with Gasteiger partial charge >= 0.3 is 0 Å². The van der Waals surface area contributed by atoms with Crippen LogP contribution in [-0.2, 0) is 10.0 Å². The van der Waals surface area contributed by atoms with E-state index in [0.717, 1.165) is 11.3 Å². The molecule has 0 radical (unpaired) electrons. The van der Waals surface area contributed by atoms with Gasteiger partial charge < -0.3 is 0 Å². The highest BCUT2D eigenvalue weighted by molar-refractivity contribution is 7.94. The lowest BCUT2D eigenvalue weighted by atomic mass is 10.3. The van der Waals surface area contributed by atoms with Crippen LogP contribution in [0.3, 0.4) is 0 Å². The van der Waals surface area contributed by atoms with Gasteiger partial charge in [0, 0.05) is 10.0 Å². The molecule has 0 amide bonds. The molecule has 2 rings (SSSR count). The number of hydrogen-bond acceptors (Lipinski definition) is 3. The van der Waals surface area contributed by atoms with Crippen molar-refractivity contribution in [1.29, 1.82) is 0 Å². The normalized spacial score (nSPS) is 11.4. The van der Waals surface area contributed by atoms with Crippen LogP contribution < -0.4 is 4.72 Å². The number of anilines is 1. The number of rotatable bonds is 3. The quantitative estimate of drug-likeness (QED) is 0.936. The van der Waals surface area contributed by atoms with Crippen molar-refractivity contribution in [3.63, 3.8) is 0 Å². The Morgan fingerprint density at radius 2 is 1.76 bits per heavy atom. The molecule has 0 aliphatic heterocycles. The molecule has 1 heterocycles. The van der Waals surface area contributed by atoms with Gasteiger partial charge in [-0.3, -0.25) is 4.72 Å². The molecule has 0 fully saturated rings. The van der Waals surface area contributed by atoms with E-state index in [1.165, 1.54) is 24.3 Å². The summed E-state index contributed by atoms with van der Waals surface area (Å²) in [5.74, 6) is 0. The number of benzene rings is 1. The Bertz CT molecular complexity index is 604. The molecule has 1 aromatic heterocycles. The summed E-state index contributed by atoms with van der Waals surface area (Å²) < 4.78 is 26.5. The van der Waals surface area contributed by atoms with Crippen LogP contribution in [0.5, 0.6) is 0 Å². The van der Waals surface area contributed by atoms with Crippen LogP contribution in [0, 0.1) is 0 Å². The minimum atomic E-state index is -3.55. The summed E-state index contributed by atoms with van der Waals surface area (Å²) in [6, 6.07) is 7.73. The second-order valence-electron chi connectivity index (χ2n) is 3.20. The molecule has 90 valence electrons. The van der Waals surface area contributed by atoms with Crippen LogP contribution in [0.4, 0.5) is 5.69 Å². The third kappa shape index (κ3) is 3.13. The van der Waals surface area contributed by atoms with Crippen molar-refractivity contribution in [3.8, 4) is 0 Å². The van der Waals surface area contributed by atoms with E-state index in [9.17, 15) is 8.42 Å². The molecular weight excluding hydrogens is 301 g/mol. The first-order valence-electron chi connectivity index (χ1n) is 4.50. The SMILES string of the molecule is O=S(=O)(Nc1cc(Cl)cc(Cl)c1)c1cccs1. The van der Waals surface area contributed by atoms with Gasteiger partial charge in [-0.1, -0.05) is 29.3 Å². The van der Waals surface area contributed by atoms with Gasteiger partial charge in [0.2, 0.25) is 0 Å². The molecule has 0 unspecified atom stereocenters. The zero-order valence-electron chi connectivity index (χ0n) is 8.35. The van der Waals surface area contributed by atoms with Crippen molar-refractivity contribution in [1.82, 2.24) is 0 Å². The molecule has 3 nitrogen and oxygen atoms in total. The number of nitrogens with one attached hydrogen (secondary N) is 1. The van der Waals surface area contributed by atoms with Gasteiger partial charge in [0.25, 0.3) is 10.0 Å². The molecule has 0 saturated heterocycles. The van der Waals surface area contributed by atoms with Gasteiger partial charge in [-0.05, 0) is 29.6 Å². The van der Waals surface area contributed by atoms with E-state index < -0.39 is 10.0 Å². The van der Waals surface area contributed by atoms with Crippen LogP contribution in [-0.4, -0.2) is 8.42 Å². The van der Waals surface area contributed by atoms with E-state index in [1.54, 1.807) is 11.4 Å². The molecule has 0 bridgehead atoms. The molecule has 17 heavy (non-hydrogen) atoms. The third-order valence-corrected chi connectivity index (χ3v) is 5.09. The summed E-state index contributed by atoms with van der Waals surface area (Å²) in [4.78, 5) is 0. The van der Waals surface area contributed by atoms with Crippen LogP contribution in [0.25, 0.3) is 0 Å². The fourth-order valence-corrected chi connectivity index (χ4v) is 3.79. The standard InChI is InChI=1S/C10H7Cl2NO2S2/c11-7-4-8(12)6-9(5-7)13-17(14,15)10-2-1-3-16-10/h1-6,13H. The molecule has 1 N–H and O–H groups in total. The van der Waals surface area contributed by atoms with Gasteiger partial charge in [-0.2, -0.15) is 0 Å². The number of hydrogen-bond donors (Lipinski definition) is 1. The van der Waals surface area contributed by atoms with E-state index >= 15 is 0 Å². The number of sulfonamides is 1. The second-order valence-corrected chi connectivity index (χ2v) is 6.93. The molecule has 0 aliphatic rings. The predicted molar refractivity (Wildman–Crippen MR) is 71.6 cm³/mol. The molecule has 0 spiro atoms. The summed E-state index contributed by atoms with van der Waals surface area (Å²) in [6.45, 7) is 0. The second kappa shape index (κ2) is 4.86. The number of thiophene rings is 1. The monoisotopic (exact) mass is 307 g/mol. The lowest BCUT2D eigenvalue weighted by Gasteiger charge is -2.06. The largest absolute Gasteiger partial charge is 0.279 e. The Morgan fingerprint density at radius 3 is 2.29 bits per heavy atom. The minimum Gasteiger partial charge on any atom is -0.279 e. The van der Waals surface area contributed by atoms with Gasteiger partial charge in [0.05, 0.1) is 5.69 Å². The highest BCUT2D eigenvalue weighted by atomic mass is 35.5. The Morgan fingerprint density at radius 1 is 1.12 bits per heavy atom. The summed E-state index contributed by atoms with van der Waals surface area (Å²) >= 11 is 12.7. The maximum atomic E-state index is 11.9. The molecule has 0 aliphatic carbocycles. The van der Waals surface area contributed by atoms with E-state index in [1.807, 2.05) is 0 Å². The minimum absolute atomic E-state index is 0.244. The van der Waals surface area contributed by atoms with Crippen LogP contribution >= 0.6 is 34.5 Å². The summed E-state index contributed by atoms with van der Waals surface area (Å²) in [7, 11) is -3.55. The molecular formula is C10H7Cl2NO2S2. The van der Waals surface area contributed by atoms with Crippen molar-refractivity contribution < 1.29 is 8.42 Å². The summed E-state index contributed by atoms with van der Waals surface area (Å²) in [5, 5.41) is 2.45. The van der Waals surface area contributed by atoms with Gasteiger partial charge in [0.15, 0.2) is 0 Å². The Hall–Kier alpha value is -0.750.